The van der Waals surface area contributed by atoms with Gasteiger partial charge in [-0.2, -0.15) is 5.10 Å². The zero-order chi connectivity index (χ0) is 26.3. The Kier molecular flexibility index (Phi) is 9.12. The van der Waals surface area contributed by atoms with E-state index < -0.39 is 0 Å². The average Bonchev–Trinajstić information content (AvgIpc) is 3.26. The molecule has 0 aliphatic carbocycles. The number of methoxy groups -OCH3 is 1. The summed E-state index contributed by atoms with van der Waals surface area (Å²) in [7, 11) is 1.55. The largest absolute Gasteiger partial charge is 0.383 e. The number of carbonyl (C=O) groups is 2. The van der Waals surface area contributed by atoms with E-state index in [-0.39, 0.29) is 30.4 Å². The van der Waals surface area contributed by atoms with Gasteiger partial charge in [0.05, 0.1) is 23.0 Å². The van der Waals surface area contributed by atoms with Crippen LogP contribution in [-0.2, 0) is 21.4 Å². The van der Waals surface area contributed by atoms with E-state index in [4.69, 9.17) is 21.4 Å². The zero-order valence-corrected chi connectivity index (χ0v) is 22.2. The van der Waals surface area contributed by atoms with Crippen molar-refractivity contribution in [3.8, 4) is 5.69 Å². The van der Waals surface area contributed by atoms with Crippen molar-refractivity contribution in [3.05, 3.63) is 70.9 Å². The van der Waals surface area contributed by atoms with Crippen molar-refractivity contribution in [2.24, 2.45) is 0 Å². The van der Waals surface area contributed by atoms with Gasteiger partial charge in [0.2, 0.25) is 5.91 Å². The third-order valence-corrected chi connectivity index (χ3v) is 5.92. The Morgan fingerprint density at radius 3 is 2.50 bits per heavy atom. The summed E-state index contributed by atoms with van der Waals surface area (Å²) in [4.78, 5) is 27.6. The second-order valence-corrected chi connectivity index (χ2v) is 9.88. The molecule has 0 aliphatic rings. The van der Waals surface area contributed by atoms with Crippen LogP contribution in [0, 0.1) is 0 Å². The maximum absolute atomic E-state index is 13.1. The fourth-order valence-electron chi connectivity index (χ4n) is 3.52. The summed E-state index contributed by atoms with van der Waals surface area (Å²) in [5.74, 6) is 0.109. The molecule has 0 unspecified atom stereocenters. The first-order valence-electron chi connectivity index (χ1n) is 11.9. The highest BCUT2D eigenvalue weighted by molar-refractivity contribution is 6.32. The van der Waals surface area contributed by atoms with E-state index in [2.05, 4.69) is 17.6 Å². The lowest BCUT2D eigenvalue weighted by molar-refractivity contribution is -0.116. The van der Waals surface area contributed by atoms with Crippen LogP contribution in [-0.4, -0.2) is 53.4 Å². The van der Waals surface area contributed by atoms with Crippen LogP contribution in [0.5, 0.6) is 0 Å². The van der Waals surface area contributed by atoms with E-state index in [9.17, 15) is 9.59 Å². The zero-order valence-electron chi connectivity index (χ0n) is 21.5. The van der Waals surface area contributed by atoms with Gasteiger partial charge in [0, 0.05) is 30.8 Å². The van der Waals surface area contributed by atoms with Gasteiger partial charge in [-0.25, -0.2) is 9.48 Å². The molecule has 0 radical (unpaired) electrons. The van der Waals surface area contributed by atoms with Crippen molar-refractivity contribution >= 4 is 35.0 Å². The Morgan fingerprint density at radius 2 is 1.83 bits per heavy atom. The molecule has 9 heteroatoms. The minimum absolute atomic E-state index is 0.165. The van der Waals surface area contributed by atoms with Crippen LogP contribution in [0.4, 0.5) is 16.3 Å². The predicted octanol–water partition coefficient (Wildman–Crippen LogP) is 5.50. The molecule has 1 aromatic heterocycles. The van der Waals surface area contributed by atoms with Crippen molar-refractivity contribution in [3.63, 3.8) is 0 Å². The quantitative estimate of drug-likeness (QED) is 0.396. The van der Waals surface area contributed by atoms with Crippen LogP contribution in [0.2, 0.25) is 5.02 Å². The molecular weight excluding hydrogens is 478 g/mol. The first-order valence-corrected chi connectivity index (χ1v) is 12.3. The summed E-state index contributed by atoms with van der Waals surface area (Å²) in [5.41, 5.74) is 2.98. The lowest BCUT2D eigenvalue weighted by atomic mass is 9.92. The molecule has 0 saturated heterocycles. The molecular formula is C27H34ClN5O3. The molecule has 2 N–H and O–H groups in total. The minimum Gasteiger partial charge on any atom is -0.383 e. The van der Waals surface area contributed by atoms with Crippen molar-refractivity contribution in [2.75, 3.05) is 37.4 Å². The number of halogens is 1. The van der Waals surface area contributed by atoms with Crippen molar-refractivity contribution in [2.45, 2.75) is 39.5 Å². The maximum atomic E-state index is 13.1. The standard InChI is InChI=1S/C27H34ClN5O3/c1-6-19-10-9-11-20(16-19)29-26(35)32(14-15-36-5)18-25(34)30-24-17-23(27(2,3)4)31-33(24)22-13-8-7-12-21(22)28/h7-13,16-17H,6,14-15,18H2,1-5H3,(H,29,35)(H,30,34). The van der Waals surface area contributed by atoms with Gasteiger partial charge in [0.25, 0.3) is 0 Å². The van der Waals surface area contributed by atoms with E-state index in [1.165, 1.54) is 4.90 Å². The molecule has 0 bridgehead atoms. The second-order valence-electron chi connectivity index (χ2n) is 9.47. The molecule has 2 aromatic carbocycles. The third kappa shape index (κ3) is 7.08. The van der Waals surface area contributed by atoms with Crippen molar-refractivity contribution < 1.29 is 14.3 Å². The van der Waals surface area contributed by atoms with Gasteiger partial charge in [0.15, 0.2) is 0 Å². The van der Waals surface area contributed by atoms with E-state index >= 15 is 0 Å². The molecule has 8 nitrogen and oxygen atoms in total. The summed E-state index contributed by atoms with van der Waals surface area (Å²) < 4.78 is 6.78. The highest BCUT2D eigenvalue weighted by Gasteiger charge is 2.24. The Hall–Kier alpha value is -3.36. The second kappa shape index (κ2) is 12.1. The fraction of sp³-hybridized carbons (Fsp3) is 0.370. The molecule has 0 fully saturated rings. The maximum Gasteiger partial charge on any atom is 0.322 e. The molecule has 0 aliphatic heterocycles. The Balaban J connectivity index is 1.81. The third-order valence-electron chi connectivity index (χ3n) is 5.60. The molecule has 36 heavy (non-hydrogen) atoms. The molecule has 1 heterocycles. The number of aryl methyl sites for hydroxylation is 1. The number of para-hydroxylation sites is 1. The monoisotopic (exact) mass is 511 g/mol. The molecule has 3 rings (SSSR count). The smallest absolute Gasteiger partial charge is 0.322 e. The van der Waals surface area contributed by atoms with Crippen LogP contribution < -0.4 is 10.6 Å². The van der Waals surface area contributed by atoms with Gasteiger partial charge < -0.3 is 20.3 Å². The first kappa shape index (κ1) is 27.2. The highest BCUT2D eigenvalue weighted by Crippen LogP contribution is 2.29. The van der Waals surface area contributed by atoms with E-state index in [0.29, 0.717) is 28.8 Å². The average molecular weight is 512 g/mol. The summed E-state index contributed by atoms with van der Waals surface area (Å²) in [6.07, 6.45) is 0.856. The number of ether oxygens (including phenoxy) is 1. The molecule has 0 atom stereocenters. The van der Waals surface area contributed by atoms with Crippen LogP contribution in [0.1, 0.15) is 39.0 Å². The Morgan fingerprint density at radius 1 is 1.08 bits per heavy atom. The summed E-state index contributed by atoms with van der Waals surface area (Å²) in [6, 6.07) is 16.4. The van der Waals surface area contributed by atoms with Gasteiger partial charge in [-0.3, -0.25) is 4.79 Å². The SMILES string of the molecule is CCc1cccc(NC(=O)N(CCOC)CC(=O)Nc2cc(C(C)(C)C)nn2-c2ccccc2Cl)c1. The number of hydrogen-bond acceptors (Lipinski definition) is 4. The summed E-state index contributed by atoms with van der Waals surface area (Å²) in [6.45, 7) is 8.56. The number of nitrogens with zero attached hydrogens (tertiary/aromatic N) is 3. The lowest BCUT2D eigenvalue weighted by Gasteiger charge is -2.22. The molecule has 3 aromatic rings. The molecule has 192 valence electrons. The molecule has 0 saturated carbocycles. The highest BCUT2D eigenvalue weighted by atomic mass is 35.5. The first-order chi connectivity index (χ1) is 17.1. The number of hydrogen-bond donors (Lipinski definition) is 2. The van der Waals surface area contributed by atoms with Crippen LogP contribution in [0.15, 0.2) is 54.6 Å². The van der Waals surface area contributed by atoms with Crippen molar-refractivity contribution in [1.82, 2.24) is 14.7 Å². The number of anilines is 2. The van der Waals surface area contributed by atoms with Gasteiger partial charge >= 0.3 is 6.03 Å². The van der Waals surface area contributed by atoms with Crippen molar-refractivity contribution in [1.29, 1.82) is 0 Å². The number of benzene rings is 2. The molecule has 0 spiro atoms. The Labute approximate surface area is 217 Å². The summed E-state index contributed by atoms with van der Waals surface area (Å²) in [5, 5.41) is 11.0. The van der Waals surface area contributed by atoms with E-state index in [0.717, 1.165) is 17.7 Å². The fourth-order valence-corrected chi connectivity index (χ4v) is 3.74. The number of carbonyl (C=O) groups excluding carboxylic acids is 2. The van der Waals surface area contributed by atoms with E-state index in [1.807, 2.05) is 69.3 Å². The summed E-state index contributed by atoms with van der Waals surface area (Å²) >= 11 is 6.42. The van der Waals surface area contributed by atoms with Gasteiger partial charge in [-0.15, -0.1) is 0 Å². The van der Waals surface area contributed by atoms with Crippen LogP contribution >= 0.6 is 11.6 Å². The Bertz CT molecular complexity index is 1200. The van der Waals surface area contributed by atoms with Crippen LogP contribution in [0.25, 0.3) is 5.69 Å². The van der Waals surface area contributed by atoms with Gasteiger partial charge in [-0.05, 0) is 36.2 Å². The number of urea groups is 1. The number of aromatic nitrogens is 2. The van der Waals surface area contributed by atoms with E-state index in [1.54, 1.807) is 17.9 Å². The van der Waals surface area contributed by atoms with Crippen LogP contribution in [0.3, 0.4) is 0 Å². The normalized spacial score (nSPS) is 11.3. The number of amides is 3. The lowest BCUT2D eigenvalue weighted by Crippen LogP contribution is -2.42. The topological polar surface area (TPSA) is 88.5 Å². The predicted molar refractivity (Wildman–Crippen MR) is 144 cm³/mol. The minimum atomic E-state index is -0.384. The number of rotatable bonds is 9. The molecule has 3 amide bonds. The number of nitrogens with one attached hydrogen (secondary N) is 2. The van der Waals surface area contributed by atoms with Gasteiger partial charge in [-0.1, -0.05) is 63.6 Å². The van der Waals surface area contributed by atoms with Gasteiger partial charge in [0.1, 0.15) is 12.4 Å².